The molecular weight excluding hydrogens is 332 g/mol. The van der Waals surface area contributed by atoms with E-state index >= 15 is 0 Å². The molecule has 1 unspecified atom stereocenters. The fraction of sp³-hybridized carbons (Fsp3) is 0.300. The van der Waals surface area contributed by atoms with Gasteiger partial charge >= 0.3 is 5.97 Å². The number of rotatable bonds is 7. The number of fused-ring (bicyclic) bond motifs is 1. The Balaban J connectivity index is 1.41. The van der Waals surface area contributed by atoms with Gasteiger partial charge in [-0.3, -0.25) is 4.79 Å². The van der Waals surface area contributed by atoms with Gasteiger partial charge in [-0.1, -0.05) is 24.3 Å². The molecule has 4 N–H and O–H groups in total. The van der Waals surface area contributed by atoms with E-state index in [1.165, 1.54) is 35.4 Å². The molecule has 0 saturated carbocycles. The summed E-state index contributed by atoms with van der Waals surface area (Å²) < 4.78 is 0. The SMILES string of the molecule is O=C(O)c1ccc(C(=O)NCC(O)CNC2Cc3ccccc3C2)cc1. The smallest absolute Gasteiger partial charge is 0.335 e. The molecule has 0 saturated heterocycles. The van der Waals surface area contributed by atoms with E-state index in [-0.39, 0.29) is 18.0 Å². The minimum atomic E-state index is -1.03. The van der Waals surface area contributed by atoms with E-state index in [0.29, 0.717) is 18.2 Å². The zero-order valence-corrected chi connectivity index (χ0v) is 14.3. The van der Waals surface area contributed by atoms with E-state index < -0.39 is 12.1 Å². The maximum atomic E-state index is 12.0. The number of carboxylic acids is 1. The molecule has 3 rings (SSSR count). The van der Waals surface area contributed by atoms with Crippen molar-refractivity contribution in [3.63, 3.8) is 0 Å². The van der Waals surface area contributed by atoms with E-state index in [4.69, 9.17) is 5.11 Å². The van der Waals surface area contributed by atoms with E-state index in [0.717, 1.165) is 12.8 Å². The van der Waals surface area contributed by atoms with Crippen LogP contribution in [0, 0.1) is 0 Å². The highest BCUT2D eigenvalue weighted by atomic mass is 16.4. The Labute approximate surface area is 151 Å². The van der Waals surface area contributed by atoms with Gasteiger partial charge in [0.25, 0.3) is 5.91 Å². The lowest BCUT2D eigenvalue weighted by atomic mass is 10.1. The number of benzene rings is 2. The summed E-state index contributed by atoms with van der Waals surface area (Å²) in [5.41, 5.74) is 3.18. The average molecular weight is 354 g/mol. The molecule has 6 nitrogen and oxygen atoms in total. The van der Waals surface area contributed by atoms with Gasteiger partial charge in [-0.2, -0.15) is 0 Å². The standard InChI is InChI=1S/C20H22N2O4/c23-18(11-21-17-9-15-3-1-2-4-16(15)10-17)12-22-19(24)13-5-7-14(8-6-13)20(25)26/h1-8,17-18,21,23H,9-12H2,(H,22,24)(H,25,26). The molecule has 1 amide bonds. The zero-order valence-electron chi connectivity index (χ0n) is 14.3. The molecule has 2 aromatic carbocycles. The number of carbonyl (C=O) groups is 2. The van der Waals surface area contributed by atoms with Gasteiger partial charge in [0.2, 0.25) is 0 Å². The quantitative estimate of drug-likeness (QED) is 0.600. The molecule has 2 aromatic rings. The Morgan fingerprint density at radius 1 is 0.962 bits per heavy atom. The third-order valence-corrected chi connectivity index (χ3v) is 4.59. The first-order valence-corrected chi connectivity index (χ1v) is 8.62. The first kappa shape index (κ1) is 18.1. The first-order valence-electron chi connectivity index (χ1n) is 8.62. The van der Waals surface area contributed by atoms with Crippen molar-refractivity contribution in [2.75, 3.05) is 13.1 Å². The highest BCUT2D eigenvalue weighted by Gasteiger charge is 2.21. The van der Waals surface area contributed by atoms with Crippen LogP contribution in [0.25, 0.3) is 0 Å². The maximum absolute atomic E-state index is 12.0. The van der Waals surface area contributed by atoms with Crippen LogP contribution < -0.4 is 10.6 Å². The Hall–Kier alpha value is -2.70. The number of aliphatic hydroxyl groups excluding tert-OH is 1. The lowest BCUT2D eigenvalue weighted by molar-refractivity contribution is 0.0696. The van der Waals surface area contributed by atoms with Crippen molar-refractivity contribution < 1.29 is 19.8 Å². The molecule has 1 atom stereocenters. The van der Waals surface area contributed by atoms with Crippen molar-refractivity contribution >= 4 is 11.9 Å². The van der Waals surface area contributed by atoms with E-state index in [2.05, 4.69) is 22.8 Å². The summed E-state index contributed by atoms with van der Waals surface area (Å²) in [5, 5.41) is 24.9. The third-order valence-electron chi connectivity index (χ3n) is 4.59. The summed E-state index contributed by atoms with van der Waals surface area (Å²) in [7, 11) is 0. The van der Waals surface area contributed by atoms with Crippen molar-refractivity contribution in [2.45, 2.75) is 25.0 Å². The van der Waals surface area contributed by atoms with E-state index in [9.17, 15) is 14.7 Å². The normalized spacial score (nSPS) is 14.7. The Bertz CT molecular complexity index is 764. The van der Waals surface area contributed by atoms with Crippen LogP contribution in [0.2, 0.25) is 0 Å². The fourth-order valence-corrected chi connectivity index (χ4v) is 3.15. The lowest BCUT2D eigenvalue weighted by Gasteiger charge is -2.16. The van der Waals surface area contributed by atoms with Crippen LogP contribution in [0.4, 0.5) is 0 Å². The van der Waals surface area contributed by atoms with Crippen LogP contribution in [-0.4, -0.2) is 47.3 Å². The molecule has 0 fully saturated rings. The molecule has 0 radical (unpaired) electrons. The van der Waals surface area contributed by atoms with Crippen molar-refractivity contribution in [3.8, 4) is 0 Å². The van der Waals surface area contributed by atoms with Gasteiger partial charge in [-0.25, -0.2) is 4.79 Å². The number of amides is 1. The summed E-state index contributed by atoms with van der Waals surface area (Å²) in [4.78, 5) is 22.9. The van der Waals surface area contributed by atoms with Crippen LogP contribution in [0.1, 0.15) is 31.8 Å². The van der Waals surface area contributed by atoms with Crippen molar-refractivity contribution in [2.24, 2.45) is 0 Å². The van der Waals surface area contributed by atoms with Crippen LogP contribution in [-0.2, 0) is 12.8 Å². The number of carboxylic acid groups (broad SMARTS) is 1. The Morgan fingerprint density at radius 2 is 1.54 bits per heavy atom. The molecule has 136 valence electrons. The zero-order chi connectivity index (χ0) is 18.5. The number of aliphatic hydroxyl groups is 1. The highest BCUT2D eigenvalue weighted by Crippen LogP contribution is 2.21. The minimum absolute atomic E-state index is 0.128. The number of hydrogen-bond acceptors (Lipinski definition) is 4. The molecule has 0 heterocycles. The molecule has 0 aromatic heterocycles. The Morgan fingerprint density at radius 3 is 2.12 bits per heavy atom. The lowest BCUT2D eigenvalue weighted by Crippen LogP contribution is -2.41. The molecule has 1 aliphatic rings. The number of nitrogens with one attached hydrogen (secondary N) is 2. The Kier molecular flexibility index (Phi) is 5.65. The summed E-state index contributed by atoms with van der Waals surface area (Å²) in [6.45, 7) is 0.531. The topological polar surface area (TPSA) is 98.7 Å². The van der Waals surface area contributed by atoms with Gasteiger partial charge in [-0.05, 0) is 48.2 Å². The molecule has 26 heavy (non-hydrogen) atoms. The predicted octanol–water partition coefficient (Wildman–Crippen LogP) is 1.23. The molecular formula is C20H22N2O4. The predicted molar refractivity (Wildman–Crippen MR) is 97.4 cm³/mol. The number of aromatic carboxylic acids is 1. The van der Waals surface area contributed by atoms with Crippen molar-refractivity contribution in [1.82, 2.24) is 10.6 Å². The average Bonchev–Trinajstić information content (AvgIpc) is 3.07. The first-order chi connectivity index (χ1) is 12.5. The maximum Gasteiger partial charge on any atom is 0.335 e. The molecule has 0 bridgehead atoms. The summed E-state index contributed by atoms with van der Waals surface area (Å²) in [5.74, 6) is -1.37. The van der Waals surface area contributed by atoms with Gasteiger partial charge < -0.3 is 20.8 Å². The second-order valence-corrected chi connectivity index (χ2v) is 6.53. The van der Waals surface area contributed by atoms with Gasteiger partial charge in [0.1, 0.15) is 0 Å². The van der Waals surface area contributed by atoms with Crippen LogP contribution in [0.5, 0.6) is 0 Å². The summed E-state index contributed by atoms with van der Waals surface area (Å²) in [6.07, 6.45) is 1.21. The van der Waals surface area contributed by atoms with Crippen LogP contribution in [0.15, 0.2) is 48.5 Å². The van der Waals surface area contributed by atoms with E-state index in [1.54, 1.807) is 0 Å². The van der Waals surface area contributed by atoms with Crippen molar-refractivity contribution in [1.29, 1.82) is 0 Å². The van der Waals surface area contributed by atoms with Gasteiger partial charge in [-0.15, -0.1) is 0 Å². The highest BCUT2D eigenvalue weighted by molar-refractivity contribution is 5.95. The molecule has 0 spiro atoms. The second-order valence-electron chi connectivity index (χ2n) is 6.53. The van der Waals surface area contributed by atoms with Gasteiger partial charge in [0.05, 0.1) is 11.7 Å². The third kappa shape index (κ3) is 4.47. The van der Waals surface area contributed by atoms with Gasteiger partial charge in [0, 0.05) is 24.7 Å². The molecule has 1 aliphatic carbocycles. The van der Waals surface area contributed by atoms with E-state index in [1.807, 2.05) is 12.1 Å². The van der Waals surface area contributed by atoms with Crippen LogP contribution in [0.3, 0.4) is 0 Å². The monoisotopic (exact) mass is 354 g/mol. The van der Waals surface area contributed by atoms with Crippen molar-refractivity contribution in [3.05, 3.63) is 70.8 Å². The minimum Gasteiger partial charge on any atom is -0.478 e. The largest absolute Gasteiger partial charge is 0.478 e. The number of hydrogen-bond donors (Lipinski definition) is 4. The molecule has 0 aliphatic heterocycles. The number of carbonyl (C=O) groups excluding carboxylic acids is 1. The summed E-state index contributed by atoms with van der Waals surface area (Å²) >= 11 is 0. The molecule has 6 heteroatoms. The van der Waals surface area contributed by atoms with Gasteiger partial charge in [0.15, 0.2) is 0 Å². The second kappa shape index (κ2) is 8.12. The summed E-state index contributed by atoms with van der Waals surface area (Å²) in [6, 6.07) is 14.3. The fourth-order valence-electron chi connectivity index (χ4n) is 3.15. The van der Waals surface area contributed by atoms with Crippen LogP contribution >= 0.6 is 0 Å².